The largest absolute Gasteiger partial charge is 0.456 e. The maximum atomic E-state index is 6.11. The topological polar surface area (TPSA) is 72.3 Å². The third-order valence-electron chi connectivity index (χ3n) is 27.2. The molecule has 0 saturated carbocycles. The Hall–Kier alpha value is -16.3. The molecule has 0 bridgehead atoms. The zero-order chi connectivity index (χ0) is 86.1. The molecule has 12 heteroatoms. The molecular weight excluding hydrogens is 1690 g/mol. The fourth-order valence-corrected chi connectivity index (χ4v) is 26.1. The van der Waals surface area contributed by atoms with E-state index < -0.39 is 0 Å². The first kappa shape index (κ1) is 73.7. The Labute approximate surface area is 766 Å². The highest BCUT2D eigenvalue weighted by Gasteiger charge is 2.25. The normalized spacial score (nSPS) is 12.2. The van der Waals surface area contributed by atoms with Crippen molar-refractivity contribution < 1.29 is 17.7 Å². The van der Waals surface area contributed by atoms with E-state index in [0.717, 1.165) is 111 Å². The fourth-order valence-electron chi connectivity index (χ4n) is 21.5. The van der Waals surface area contributed by atoms with Crippen LogP contribution in [0.5, 0.6) is 0 Å². The van der Waals surface area contributed by atoms with Crippen LogP contribution in [-0.2, 0) is 0 Å². The second-order valence-corrected chi connectivity index (χ2v) is 38.6. The Morgan fingerprint density at radius 3 is 0.962 bits per heavy atom. The van der Waals surface area contributed by atoms with Crippen molar-refractivity contribution in [3.8, 4) is 22.7 Å². The number of para-hydroxylation sites is 8. The smallest absolute Gasteiger partial charge is 0.135 e. The van der Waals surface area contributed by atoms with Gasteiger partial charge < -0.3 is 35.9 Å². The summed E-state index contributed by atoms with van der Waals surface area (Å²) in [7, 11) is 0. The van der Waals surface area contributed by atoms with Gasteiger partial charge in [-0.2, -0.15) is 0 Å². The maximum absolute atomic E-state index is 6.11. The summed E-state index contributed by atoms with van der Waals surface area (Å²) in [6, 6.07) is 148. The van der Waals surface area contributed by atoms with E-state index in [0.29, 0.717) is 0 Å². The number of fused-ring (bicyclic) bond motifs is 39. The Balaban J connectivity index is 0.0000000862. The van der Waals surface area contributed by atoms with Crippen LogP contribution in [0.2, 0.25) is 0 Å². The molecule has 0 aliphatic heterocycles. The summed E-state index contributed by atoms with van der Waals surface area (Å²) >= 11 is 7.50. The molecule has 0 aliphatic carbocycles. The van der Waals surface area contributed by atoms with Crippen molar-refractivity contribution in [2.45, 2.75) is 0 Å². The molecule has 32 rings (SSSR count). The SMILES string of the molecule is c1ccc2c(c1)oc1ccc(-n3c4ccccc4c4c5c(ccc43)sc3ccccc35)cc12.c1ccc2c(c1)oc1ccc(-n3c4ccccc4c4c5sc6ccccc6c5ccc43)cc12.c1ccc2c(c1)oc1ccc(-n3c4ccccc4c4cc5c(cc43)sc3ccccc35)cc12.c1ccc2c(c1)oc1ccc(-n3c4ccccc4c4ccc5sc6ccccc6c5c43)cc12. The summed E-state index contributed by atoms with van der Waals surface area (Å²) in [5.41, 5.74) is 21.9. The van der Waals surface area contributed by atoms with Crippen LogP contribution in [0.1, 0.15) is 0 Å². The number of rotatable bonds is 4. The lowest BCUT2D eigenvalue weighted by Crippen LogP contribution is -1.93. The van der Waals surface area contributed by atoms with Gasteiger partial charge in [0, 0.05) is 190 Å². The Morgan fingerprint density at radius 1 is 0.144 bits per heavy atom. The first-order chi connectivity index (χ1) is 65.4. The van der Waals surface area contributed by atoms with Gasteiger partial charge in [0.25, 0.3) is 0 Å². The van der Waals surface area contributed by atoms with Gasteiger partial charge in [0.2, 0.25) is 0 Å². The molecule has 0 unspecified atom stereocenters. The predicted octanol–water partition coefficient (Wildman–Crippen LogP) is 36.2. The van der Waals surface area contributed by atoms with E-state index in [-0.39, 0.29) is 0 Å². The number of thiophene rings is 4. The lowest BCUT2D eigenvalue weighted by molar-refractivity contribution is 0.668. The van der Waals surface area contributed by atoms with Crippen molar-refractivity contribution >= 4 is 301 Å². The zero-order valence-electron chi connectivity index (χ0n) is 70.3. The second kappa shape index (κ2) is 28.6. The molecule has 0 atom stereocenters. The van der Waals surface area contributed by atoms with Crippen molar-refractivity contribution in [2.24, 2.45) is 0 Å². The van der Waals surface area contributed by atoms with Gasteiger partial charge in [-0.25, -0.2) is 0 Å². The van der Waals surface area contributed by atoms with Crippen LogP contribution >= 0.6 is 45.3 Å². The van der Waals surface area contributed by atoms with E-state index >= 15 is 0 Å². The van der Waals surface area contributed by atoms with Gasteiger partial charge in [-0.1, -0.05) is 231 Å². The van der Waals surface area contributed by atoms with Gasteiger partial charge in [-0.05, 0) is 182 Å². The molecule has 0 fully saturated rings. The van der Waals surface area contributed by atoms with Crippen LogP contribution in [0.4, 0.5) is 0 Å². The lowest BCUT2D eigenvalue weighted by Gasteiger charge is -2.09. The van der Waals surface area contributed by atoms with Crippen LogP contribution in [0.25, 0.3) is 278 Å². The van der Waals surface area contributed by atoms with Crippen LogP contribution < -0.4 is 0 Å². The van der Waals surface area contributed by atoms with Crippen LogP contribution in [-0.4, -0.2) is 18.3 Å². The molecule has 12 aromatic heterocycles. The Morgan fingerprint density at radius 2 is 0.462 bits per heavy atom. The predicted molar refractivity (Wildman–Crippen MR) is 564 cm³/mol. The number of hydrogen-bond acceptors (Lipinski definition) is 8. The number of hydrogen-bond donors (Lipinski definition) is 0. The summed E-state index contributed by atoms with van der Waals surface area (Å²) in [6.07, 6.45) is 0. The lowest BCUT2D eigenvalue weighted by atomic mass is 10.1. The average Bonchev–Trinajstić information content (AvgIpc) is 1.58. The van der Waals surface area contributed by atoms with Crippen molar-refractivity contribution in [1.29, 1.82) is 0 Å². The highest BCUT2D eigenvalue weighted by atomic mass is 32.1. The molecule has 20 aromatic carbocycles. The van der Waals surface area contributed by atoms with E-state index in [2.05, 4.69) is 382 Å². The summed E-state index contributed by atoms with van der Waals surface area (Å²) in [5, 5.41) is 30.3. The molecule has 0 N–H and O–H groups in total. The number of aromatic nitrogens is 4. The molecule has 0 saturated heterocycles. The first-order valence-corrected chi connectivity index (χ1v) is 47.7. The first-order valence-electron chi connectivity index (χ1n) is 44.5. The minimum Gasteiger partial charge on any atom is -0.456 e. The highest BCUT2D eigenvalue weighted by Crippen LogP contribution is 2.50. The Bertz CT molecular complexity index is 10400. The van der Waals surface area contributed by atoms with E-state index in [1.807, 2.05) is 93.9 Å². The second-order valence-electron chi connectivity index (χ2n) is 34.3. The quantitative estimate of drug-likeness (QED) is 0.176. The van der Waals surface area contributed by atoms with Gasteiger partial charge in [0.15, 0.2) is 0 Å². The third-order valence-corrected chi connectivity index (χ3v) is 31.8. The summed E-state index contributed by atoms with van der Waals surface area (Å²) in [5.74, 6) is 0. The summed E-state index contributed by atoms with van der Waals surface area (Å²) < 4.78 is 44.7. The van der Waals surface area contributed by atoms with Crippen LogP contribution in [0.15, 0.2) is 430 Å². The van der Waals surface area contributed by atoms with E-state index in [1.54, 1.807) is 0 Å². The van der Waals surface area contributed by atoms with Gasteiger partial charge in [-0.15, -0.1) is 45.3 Å². The van der Waals surface area contributed by atoms with Gasteiger partial charge in [0.05, 0.1) is 44.1 Å². The zero-order valence-corrected chi connectivity index (χ0v) is 73.6. The van der Waals surface area contributed by atoms with E-state index in [4.69, 9.17) is 17.7 Å². The van der Waals surface area contributed by atoms with Crippen molar-refractivity contribution in [3.63, 3.8) is 0 Å². The molecule has 0 radical (unpaired) electrons. The molecule has 8 nitrogen and oxygen atoms in total. The van der Waals surface area contributed by atoms with Gasteiger partial charge >= 0.3 is 0 Å². The van der Waals surface area contributed by atoms with E-state index in [1.165, 1.54) is 168 Å². The summed E-state index contributed by atoms with van der Waals surface area (Å²) in [6.45, 7) is 0. The summed E-state index contributed by atoms with van der Waals surface area (Å²) in [4.78, 5) is 0. The third kappa shape index (κ3) is 11.0. The molecule has 0 amide bonds. The number of benzene rings is 20. The molecule has 0 spiro atoms. The standard InChI is InChI=1S/4C30H17NOS/c1-4-10-24-22(9-1)29-25(15-14-21-20-8-3-6-12-28(20)33-30(21)29)31(24)18-13-16-27-23(17-18)19-7-2-5-11-26(19)32-27;1-4-10-23-20(8-1)29-24(14-16-28-30(29)21-9-3-6-12-27(21)33-28)31(23)18-13-15-26-22(17-18)19-7-2-5-11-25(19)32-26;1-4-10-24-19(7-1)21-14-16-28-29(22-9-3-6-12-27(22)33-28)30(21)31(24)18-13-15-26-23(17-18)20-8-2-5-11-25(20)32-26;1-4-10-25-19(7-1)22-16-24-21-9-3-6-12-29(21)33-30(24)17-26(22)31(25)18-13-14-28-23(15-18)20-8-2-5-11-27(20)32-28/h4*1-17H. The number of nitrogens with zero attached hydrogens (tertiary/aromatic N) is 4. The number of furan rings is 4. The van der Waals surface area contributed by atoms with E-state index in [9.17, 15) is 0 Å². The molecule has 132 heavy (non-hydrogen) atoms. The molecule has 616 valence electrons. The Kier molecular flexibility index (Phi) is 16.0. The molecule has 0 aliphatic rings. The maximum Gasteiger partial charge on any atom is 0.135 e. The van der Waals surface area contributed by atoms with Crippen LogP contribution in [0, 0.1) is 0 Å². The average molecular weight is 1760 g/mol. The molecule has 12 heterocycles. The van der Waals surface area contributed by atoms with Gasteiger partial charge in [0.1, 0.15) is 44.7 Å². The van der Waals surface area contributed by atoms with Crippen molar-refractivity contribution in [3.05, 3.63) is 413 Å². The minimum absolute atomic E-state index is 0.923. The minimum atomic E-state index is 0.923. The van der Waals surface area contributed by atoms with Gasteiger partial charge in [-0.3, -0.25) is 0 Å². The monoisotopic (exact) mass is 1760 g/mol. The molecular formula is C120H68N4O4S4. The van der Waals surface area contributed by atoms with Crippen molar-refractivity contribution in [1.82, 2.24) is 18.3 Å². The highest BCUT2D eigenvalue weighted by molar-refractivity contribution is 7.27. The molecule has 32 aromatic rings. The fraction of sp³-hybridized carbons (Fsp3) is 0. The van der Waals surface area contributed by atoms with Crippen LogP contribution in [0.3, 0.4) is 0 Å². The van der Waals surface area contributed by atoms with Crippen molar-refractivity contribution in [2.75, 3.05) is 0 Å².